The van der Waals surface area contributed by atoms with Gasteiger partial charge in [-0.2, -0.15) is 0 Å². The first-order chi connectivity index (χ1) is 8.78. The molecule has 0 radical (unpaired) electrons. The number of rotatable bonds is 2. The molecule has 2 heterocycles. The van der Waals surface area contributed by atoms with Gasteiger partial charge in [-0.15, -0.1) is 0 Å². The van der Waals surface area contributed by atoms with Crippen LogP contribution in [0.1, 0.15) is 31.4 Å². The normalized spacial score (nSPS) is 18.5. The predicted molar refractivity (Wildman–Crippen MR) is 76.3 cm³/mol. The summed E-state index contributed by atoms with van der Waals surface area (Å²) < 4.78 is 5.47. The number of hydrogen-bond acceptors (Lipinski definition) is 3. The molecule has 0 aliphatic carbocycles. The maximum atomic E-state index is 5.47. The second-order valence-corrected chi connectivity index (χ2v) is 5.28. The van der Waals surface area contributed by atoms with Crippen molar-refractivity contribution in [2.45, 2.75) is 25.7 Å². The van der Waals surface area contributed by atoms with Gasteiger partial charge >= 0.3 is 0 Å². The average Bonchev–Trinajstić information content (AvgIpc) is 2.81. The van der Waals surface area contributed by atoms with Crippen LogP contribution in [-0.4, -0.2) is 37.5 Å². The van der Waals surface area contributed by atoms with Gasteiger partial charge in [-0.3, -0.25) is 0 Å². The van der Waals surface area contributed by atoms with E-state index in [4.69, 9.17) is 4.52 Å². The molecular weight excluding hydrogens is 223 g/mol. The van der Waals surface area contributed by atoms with Gasteiger partial charge in [-0.1, -0.05) is 23.6 Å². The zero-order chi connectivity index (χ0) is 12.5. The van der Waals surface area contributed by atoms with Crippen molar-refractivity contribution in [3.8, 4) is 0 Å². The second-order valence-electron chi connectivity index (χ2n) is 5.28. The van der Waals surface area contributed by atoms with Crippen LogP contribution in [0.15, 0.2) is 22.7 Å². The SMILES string of the molecule is Bc1ccc2c(C3CCN(CC)CC3)noc2c1. The minimum atomic E-state index is 0.566. The second kappa shape index (κ2) is 4.77. The van der Waals surface area contributed by atoms with Gasteiger partial charge in [0.1, 0.15) is 7.85 Å². The van der Waals surface area contributed by atoms with Crippen molar-refractivity contribution >= 4 is 24.3 Å². The van der Waals surface area contributed by atoms with Crippen LogP contribution in [0.2, 0.25) is 0 Å². The lowest BCUT2D eigenvalue weighted by Gasteiger charge is -2.29. The molecule has 18 heavy (non-hydrogen) atoms. The first-order valence-corrected chi connectivity index (χ1v) is 6.86. The summed E-state index contributed by atoms with van der Waals surface area (Å²) in [5.74, 6) is 0.566. The molecule has 1 aromatic heterocycles. The van der Waals surface area contributed by atoms with Crippen molar-refractivity contribution in [1.82, 2.24) is 10.1 Å². The highest BCUT2D eigenvalue weighted by Gasteiger charge is 2.24. The summed E-state index contributed by atoms with van der Waals surface area (Å²) in [6, 6.07) is 6.37. The molecule has 0 unspecified atom stereocenters. The van der Waals surface area contributed by atoms with Gasteiger partial charge in [0, 0.05) is 11.3 Å². The van der Waals surface area contributed by atoms with Crippen LogP contribution in [-0.2, 0) is 0 Å². The quantitative estimate of drug-likeness (QED) is 0.743. The van der Waals surface area contributed by atoms with Gasteiger partial charge in [-0.05, 0) is 44.6 Å². The number of likely N-dealkylation sites (tertiary alicyclic amines) is 1. The summed E-state index contributed by atoms with van der Waals surface area (Å²) in [5.41, 5.74) is 3.33. The molecule has 0 N–H and O–H groups in total. The molecule has 2 aromatic rings. The molecular formula is C14H19BN2O. The number of fused-ring (bicyclic) bond motifs is 1. The zero-order valence-corrected chi connectivity index (χ0v) is 11.1. The molecule has 94 valence electrons. The van der Waals surface area contributed by atoms with Gasteiger partial charge in [0.05, 0.1) is 5.69 Å². The lowest BCUT2D eigenvalue weighted by atomic mass is 9.90. The third-order valence-electron chi connectivity index (χ3n) is 4.08. The lowest BCUT2D eigenvalue weighted by molar-refractivity contribution is 0.219. The number of nitrogens with zero attached hydrogens (tertiary/aromatic N) is 2. The third-order valence-corrected chi connectivity index (χ3v) is 4.08. The third kappa shape index (κ3) is 2.05. The summed E-state index contributed by atoms with van der Waals surface area (Å²) >= 11 is 0. The van der Waals surface area contributed by atoms with Crippen LogP contribution in [0.5, 0.6) is 0 Å². The monoisotopic (exact) mass is 242 g/mol. The first kappa shape index (κ1) is 11.8. The van der Waals surface area contributed by atoms with E-state index in [1.165, 1.54) is 42.5 Å². The lowest BCUT2D eigenvalue weighted by Crippen LogP contribution is -2.32. The van der Waals surface area contributed by atoms with Crippen LogP contribution >= 0.6 is 0 Å². The van der Waals surface area contributed by atoms with E-state index in [1.54, 1.807) is 0 Å². The van der Waals surface area contributed by atoms with E-state index < -0.39 is 0 Å². The van der Waals surface area contributed by atoms with Crippen LogP contribution in [0.25, 0.3) is 11.0 Å². The fourth-order valence-corrected chi connectivity index (χ4v) is 2.88. The molecule has 1 aliphatic rings. The van der Waals surface area contributed by atoms with Crippen molar-refractivity contribution in [2.24, 2.45) is 0 Å². The van der Waals surface area contributed by atoms with Gasteiger partial charge < -0.3 is 9.42 Å². The van der Waals surface area contributed by atoms with E-state index in [9.17, 15) is 0 Å². The zero-order valence-electron chi connectivity index (χ0n) is 11.1. The van der Waals surface area contributed by atoms with Gasteiger partial charge in [-0.25, -0.2) is 0 Å². The van der Waals surface area contributed by atoms with Gasteiger partial charge in [0.2, 0.25) is 0 Å². The molecule has 0 bridgehead atoms. The van der Waals surface area contributed by atoms with E-state index in [-0.39, 0.29) is 0 Å². The maximum absolute atomic E-state index is 5.47. The molecule has 0 saturated carbocycles. The molecule has 1 aliphatic heterocycles. The Morgan fingerprint density at radius 3 is 2.89 bits per heavy atom. The molecule has 0 atom stereocenters. The number of piperidine rings is 1. The molecule has 3 nitrogen and oxygen atoms in total. The Bertz CT molecular complexity index is 544. The Morgan fingerprint density at radius 1 is 1.39 bits per heavy atom. The summed E-state index contributed by atoms with van der Waals surface area (Å²) in [6.45, 7) is 5.75. The van der Waals surface area contributed by atoms with Crippen LogP contribution in [0, 0.1) is 0 Å². The maximum Gasteiger partial charge on any atom is 0.166 e. The van der Waals surface area contributed by atoms with Crippen LogP contribution in [0.3, 0.4) is 0 Å². The summed E-state index contributed by atoms with van der Waals surface area (Å²) in [6.07, 6.45) is 2.40. The molecule has 1 saturated heterocycles. The first-order valence-electron chi connectivity index (χ1n) is 6.86. The van der Waals surface area contributed by atoms with Crippen LogP contribution < -0.4 is 5.46 Å². The minimum Gasteiger partial charge on any atom is -0.356 e. The van der Waals surface area contributed by atoms with E-state index in [1.807, 2.05) is 0 Å². The number of hydrogen-bond donors (Lipinski definition) is 0. The molecule has 4 heteroatoms. The Kier molecular flexibility index (Phi) is 3.12. The fraction of sp³-hybridized carbons (Fsp3) is 0.500. The fourth-order valence-electron chi connectivity index (χ4n) is 2.88. The number of aromatic nitrogens is 1. The highest BCUT2D eigenvalue weighted by molar-refractivity contribution is 6.33. The standard InChI is InChI=1S/C14H19BN2O/c1-2-17-7-5-10(6-8-17)14-12-4-3-11(15)9-13(12)18-16-14/h3-4,9-10H,2,5-8,15H2,1H3. The molecule has 0 spiro atoms. The smallest absolute Gasteiger partial charge is 0.166 e. The van der Waals surface area contributed by atoms with E-state index >= 15 is 0 Å². The van der Waals surface area contributed by atoms with E-state index in [2.05, 4.69) is 43.0 Å². The highest BCUT2D eigenvalue weighted by atomic mass is 16.5. The highest BCUT2D eigenvalue weighted by Crippen LogP contribution is 2.31. The topological polar surface area (TPSA) is 29.3 Å². The Hall–Kier alpha value is -1.29. The van der Waals surface area contributed by atoms with E-state index in [0.717, 1.165) is 12.1 Å². The van der Waals surface area contributed by atoms with Crippen molar-refractivity contribution in [2.75, 3.05) is 19.6 Å². The van der Waals surface area contributed by atoms with Crippen molar-refractivity contribution in [1.29, 1.82) is 0 Å². The molecule has 1 aromatic carbocycles. The largest absolute Gasteiger partial charge is 0.356 e. The minimum absolute atomic E-state index is 0.566. The summed E-state index contributed by atoms with van der Waals surface area (Å²) in [5, 5.41) is 5.52. The molecule has 1 fully saturated rings. The Morgan fingerprint density at radius 2 is 2.17 bits per heavy atom. The summed E-state index contributed by atoms with van der Waals surface area (Å²) in [7, 11) is 2.08. The Labute approximate surface area is 109 Å². The average molecular weight is 242 g/mol. The van der Waals surface area contributed by atoms with Crippen LogP contribution in [0.4, 0.5) is 0 Å². The summed E-state index contributed by atoms with van der Waals surface area (Å²) in [4.78, 5) is 2.50. The molecule has 0 amide bonds. The number of benzene rings is 1. The van der Waals surface area contributed by atoms with Crippen molar-refractivity contribution in [3.05, 3.63) is 23.9 Å². The van der Waals surface area contributed by atoms with Crippen molar-refractivity contribution in [3.63, 3.8) is 0 Å². The van der Waals surface area contributed by atoms with Gasteiger partial charge in [0.15, 0.2) is 5.58 Å². The Balaban J connectivity index is 1.87. The predicted octanol–water partition coefficient (Wildman–Crippen LogP) is 1.29. The molecule has 3 rings (SSSR count). The van der Waals surface area contributed by atoms with E-state index in [0.29, 0.717) is 5.92 Å². The van der Waals surface area contributed by atoms with Crippen molar-refractivity contribution < 1.29 is 4.52 Å². The van der Waals surface area contributed by atoms with Gasteiger partial charge in [0.25, 0.3) is 0 Å².